The molecule has 0 aromatic rings. The summed E-state index contributed by atoms with van der Waals surface area (Å²) in [5.74, 6) is 1.06. The Morgan fingerprint density at radius 3 is 2.38 bits per heavy atom. The largest absolute Gasteiger partial charge is 0.319 e. The van der Waals surface area contributed by atoms with Crippen LogP contribution < -0.4 is 10.0 Å². The molecule has 2 fully saturated rings. The number of hydrogen-bond donors (Lipinski definition) is 2. The first-order chi connectivity index (χ1) is 10.0. The van der Waals surface area contributed by atoms with Crippen LogP contribution in [-0.2, 0) is 10.2 Å². The minimum Gasteiger partial charge on any atom is -0.319 e. The van der Waals surface area contributed by atoms with Crippen molar-refractivity contribution in [2.24, 2.45) is 11.8 Å². The van der Waals surface area contributed by atoms with Gasteiger partial charge in [-0.2, -0.15) is 17.4 Å². The minimum absolute atomic E-state index is 0.118. The number of nitrogens with one attached hydrogen (secondary N) is 2. The van der Waals surface area contributed by atoms with Crippen LogP contribution in [0.1, 0.15) is 51.9 Å². The summed E-state index contributed by atoms with van der Waals surface area (Å²) >= 11 is 0. The highest BCUT2D eigenvalue weighted by Crippen LogP contribution is 2.25. The van der Waals surface area contributed by atoms with E-state index in [9.17, 15) is 8.42 Å². The van der Waals surface area contributed by atoms with Crippen LogP contribution >= 0.6 is 0 Å². The van der Waals surface area contributed by atoms with Crippen LogP contribution in [0.15, 0.2) is 0 Å². The summed E-state index contributed by atoms with van der Waals surface area (Å²) in [6.45, 7) is 4.48. The van der Waals surface area contributed by atoms with Crippen molar-refractivity contribution in [1.82, 2.24) is 14.3 Å². The predicted octanol–water partition coefficient (Wildman–Crippen LogP) is 1.72. The van der Waals surface area contributed by atoms with Gasteiger partial charge < -0.3 is 5.32 Å². The van der Waals surface area contributed by atoms with E-state index in [0.29, 0.717) is 24.9 Å². The Labute approximate surface area is 130 Å². The zero-order valence-corrected chi connectivity index (χ0v) is 14.3. The van der Waals surface area contributed by atoms with Crippen LogP contribution in [0.5, 0.6) is 0 Å². The van der Waals surface area contributed by atoms with Crippen molar-refractivity contribution in [3.8, 4) is 0 Å². The van der Waals surface area contributed by atoms with Crippen molar-refractivity contribution >= 4 is 10.2 Å². The molecule has 0 aromatic heterocycles. The van der Waals surface area contributed by atoms with Crippen molar-refractivity contribution in [3.63, 3.8) is 0 Å². The van der Waals surface area contributed by atoms with Gasteiger partial charge in [-0.05, 0) is 51.1 Å². The van der Waals surface area contributed by atoms with Gasteiger partial charge in [0.2, 0.25) is 0 Å². The fourth-order valence-corrected chi connectivity index (χ4v) is 5.15. The van der Waals surface area contributed by atoms with Crippen LogP contribution in [0.25, 0.3) is 0 Å². The maximum Gasteiger partial charge on any atom is 0.279 e. The van der Waals surface area contributed by atoms with E-state index in [1.165, 1.54) is 12.8 Å². The molecule has 1 saturated heterocycles. The Hall–Kier alpha value is -0.170. The molecule has 2 unspecified atom stereocenters. The standard InChI is InChI=1S/C15H31N3O2S/c1-13-6-4-3-5-7-15(13)17-21(19,20)18-10-8-14(9-11-18)12-16-2/h13-17H,3-12H2,1-2H3. The summed E-state index contributed by atoms with van der Waals surface area (Å²) in [6.07, 6.45) is 7.65. The van der Waals surface area contributed by atoms with Gasteiger partial charge in [0.25, 0.3) is 10.2 Å². The van der Waals surface area contributed by atoms with E-state index in [1.54, 1.807) is 4.31 Å². The summed E-state index contributed by atoms with van der Waals surface area (Å²) in [5, 5.41) is 3.19. The van der Waals surface area contributed by atoms with Crippen LogP contribution in [0, 0.1) is 11.8 Å². The first-order valence-electron chi connectivity index (χ1n) is 8.45. The quantitative estimate of drug-likeness (QED) is 0.759. The lowest BCUT2D eigenvalue weighted by molar-refractivity contribution is 0.264. The highest BCUT2D eigenvalue weighted by molar-refractivity contribution is 7.87. The zero-order valence-electron chi connectivity index (χ0n) is 13.5. The molecule has 1 saturated carbocycles. The summed E-state index contributed by atoms with van der Waals surface area (Å²) in [7, 11) is -1.35. The van der Waals surface area contributed by atoms with Gasteiger partial charge in [-0.3, -0.25) is 0 Å². The molecule has 2 atom stereocenters. The second-order valence-electron chi connectivity index (χ2n) is 6.74. The predicted molar refractivity (Wildman–Crippen MR) is 86.3 cm³/mol. The lowest BCUT2D eigenvalue weighted by atomic mass is 9.98. The summed E-state index contributed by atoms with van der Waals surface area (Å²) in [4.78, 5) is 0. The fraction of sp³-hybridized carbons (Fsp3) is 1.00. The van der Waals surface area contributed by atoms with E-state index < -0.39 is 10.2 Å². The zero-order chi connectivity index (χ0) is 15.3. The molecule has 1 heterocycles. The Morgan fingerprint density at radius 2 is 1.71 bits per heavy atom. The van der Waals surface area contributed by atoms with Gasteiger partial charge in [0.1, 0.15) is 0 Å². The number of nitrogens with zero attached hydrogens (tertiary/aromatic N) is 1. The second-order valence-corrected chi connectivity index (χ2v) is 8.45. The normalized spacial score (nSPS) is 30.2. The molecule has 1 aliphatic carbocycles. The lowest BCUT2D eigenvalue weighted by Crippen LogP contribution is -2.50. The van der Waals surface area contributed by atoms with Crippen molar-refractivity contribution in [1.29, 1.82) is 0 Å². The minimum atomic E-state index is -3.31. The first-order valence-corrected chi connectivity index (χ1v) is 9.89. The molecule has 0 amide bonds. The van der Waals surface area contributed by atoms with Crippen molar-refractivity contribution in [3.05, 3.63) is 0 Å². The Bertz CT molecular complexity index is 405. The Kier molecular flexibility index (Phi) is 6.47. The highest BCUT2D eigenvalue weighted by atomic mass is 32.2. The lowest BCUT2D eigenvalue weighted by Gasteiger charge is -2.33. The van der Waals surface area contributed by atoms with Gasteiger partial charge in [0, 0.05) is 19.1 Å². The fourth-order valence-electron chi connectivity index (χ4n) is 3.58. The first kappa shape index (κ1) is 17.2. The molecule has 0 spiro atoms. The van der Waals surface area contributed by atoms with Gasteiger partial charge in [-0.25, -0.2) is 0 Å². The van der Waals surface area contributed by atoms with E-state index >= 15 is 0 Å². The van der Waals surface area contributed by atoms with Gasteiger partial charge in [-0.15, -0.1) is 0 Å². The number of piperidine rings is 1. The summed E-state index contributed by atoms with van der Waals surface area (Å²) in [6, 6.07) is 0.118. The maximum atomic E-state index is 12.6. The van der Waals surface area contributed by atoms with E-state index in [2.05, 4.69) is 17.0 Å². The molecule has 5 nitrogen and oxygen atoms in total. The molecule has 21 heavy (non-hydrogen) atoms. The van der Waals surface area contributed by atoms with E-state index in [1.807, 2.05) is 7.05 Å². The maximum absolute atomic E-state index is 12.6. The van der Waals surface area contributed by atoms with E-state index in [4.69, 9.17) is 0 Å². The van der Waals surface area contributed by atoms with Crippen molar-refractivity contribution in [2.75, 3.05) is 26.7 Å². The smallest absolute Gasteiger partial charge is 0.279 e. The molecule has 0 bridgehead atoms. The van der Waals surface area contributed by atoms with Gasteiger partial charge >= 0.3 is 0 Å². The van der Waals surface area contributed by atoms with Crippen LogP contribution in [-0.4, -0.2) is 45.4 Å². The van der Waals surface area contributed by atoms with E-state index in [0.717, 1.165) is 38.6 Å². The average molecular weight is 317 g/mol. The van der Waals surface area contributed by atoms with Gasteiger partial charge in [-0.1, -0.05) is 26.2 Å². The molecular weight excluding hydrogens is 286 g/mol. The summed E-state index contributed by atoms with van der Waals surface area (Å²) < 4.78 is 29.8. The topological polar surface area (TPSA) is 61.4 Å². The third-order valence-electron chi connectivity index (χ3n) is 5.07. The monoisotopic (exact) mass is 317 g/mol. The Balaban J connectivity index is 1.89. The molecular formula is C15H31N3O2S. The SMILES string of the molecule is CNCC1CCN(S(=O)(=O)NC2CCCCCC2C)CC1. The van der Waals surface area contributed by atoms with Gasteiger partial charge in [0.15, 0.2) is 0 Å². The third kappa shape index (κ3) is 4.91. The third-order valence-corrected chi connectivity index (χ3v) is 6.71. The van der Waals surface area contributed by atoms with Gasteiger partial charge in [0.05, 0.1) is 0 Å². The molecule has 2 rings (SSSR count). The number of rotatable bonds is 5. The highest BCUT2D eigenvalue weighted by Gasteiger charge is 2.31. The summed E-state index contributed by atoms with van der Waals surface area (Å²) in [5.41, 5.74) is 0. The van der Waals surface area contributed by atoms with E-state index in [-0.39, 0.29) is 6.04 Å². The van der Waals surface area contributed by atoms with Crippen LogP contribution in [0.4, 0.5) is 0 Å². The molecule has 6 heteroatoms. The molecule has 124 valence electrons. The Morgan fingerprint density at radius 1 is 1.05 bits per heavy atom. The van der Waals surface area contributed by atoms with Crippen LogP contribution in [0.3, 0.4) is 0 Å². The van der Waals surface area contributed by atoms with Crippen LogP contribution in [0.2, 0.25) is 0 Å². The molecule has 2 N–H and O–H groups in total. The second kappa shape index (κ2) is 7.90. The number of hydrogen-bond acceptors (Lipinski definition) is 3. The molecule has 2 aliphatic rings. The van der Waals surface area contributed by atoms with Crippen molar-refractivity contribution in [2.45, 2.75) is 57.9 Å². The molecule has 1 aliphatic heterocycles. The average Bonchev–Trinajstić information content (AvgIpc) is 2.65. The van der Waals surface area contributed by atoms with Crippen molar-refractivity contribution < 1.29 is 8.42 Å². The molecule has 0 radical (unpaired) electrons. The molecule has 0 aromatic carbocycles.